The zero-order valence-electron chi connectivity index (χ0n) is 14.6. The van der Waals surface area contributed by atoms with Gasteiger partial charge in [0.05, 0.1) is 5.25 Å². The summed E-state index contributed by atoms with van der Waals surface area (Å²) in [5.74, 6) is 0.847. The second-order valence-electron chi connectivity index (χ2n) is 6.45. The van der Waals surface area contributed by atoms with Crippen molar-refractivity contribution < 1.29 is 4.79 Å². The quantitative estimate of drug-likeness (QED) is 0.495. The fourth-order valence-corrected chi connectivity index (χ4v) is 3.93. The number of benzene rings is 1. The second kappa shape index (κ2) is 6.99. The van der Waals surface area contributed by atoms with Gasteiger partial charge in [0.1, 0.15) is 0 Å². The molecule has 1 fully saturated rings. The fraction of sp³-hybridized carbons (Fsp3) is 0.316. The maximum atomic E-state index is 12.2. The van der Waals surface area contributed by atoms with Crippen molar-refractivity contribution in [1.82, 2.24) is 25.1 Å². The van der Waals surface area contributed by atoms with E-state index >= 15 is 0 Å². The smallest absolute Gasteiger partial charge is 0.233 e. The lowest BCUT2D eigenvalue weighted by molar-refractivity contribution is -0.120. The van der Waals surface area contributed by atoms with Crippen molar-refractivity contribution in [3.63, 3.8) is 0 Å². The molecule has 2 aromatic heterocycles. The molecule has 6 nitrogen and oxygen atoms in total. The van der Waals surface area contributed by atoms with Crippen molar-refractivity contribution in [3.05, 3.63) is 43.1 Å². The van der Waals surface area contributed by atoms with Gasteiger partial charge in [-0.3, -0.25) is 9.36 Å². The van der Waals surface area contributed by atoms with Crippen LogP contribution in [-0.2, 0) is 4.79 Å². The molecule has 1 atom stereocenters. The molecule has 0 unspecified atom stereocenters. The second-order valence-corrected chi connectivity index (χ2v) is 7.76. The topological polar surface area (TPSA) is 75.6 Å². The molecule has 0 aliphatic heterocycles. The monoisotopic (exact) mass is 367 g/mol. The number of aromatic nitrogens is 4. The molecule has 134 valence electrons. The molecule has 26 heavy (non-hydrogen) atoms. The van der Waals surface area contributed by atoms with Gasteiger partial charge in [-0.25, -0.2) is 0 Å². The average molecular weight is 367 g/mol. The van der Waals surface area contributed by atoms with E-state index in [0.717, 1.165) is 40.3 Å². The van der Waals surface area contributed by atoms with Gasteiger partial charge in [-0.15, -0.1) is 16.8 Å². The van der Waals surface area contributed by atoms with Crippen LogP contribution in [0.1, 0.15) is 25.8 Å². The molecular formula is C19H21N5OS. The maximum absolute atomic E-state index is 12.2. The Morgan fingerprint density at radius 3 is 3.04 bits per heavy atom. The molecule has 3 aromatic rings. The number of nitrogens with zero attached hydrogens (tertiary/aromatic N) is 3. The Bertz CT molecular complexity index is 956. The highest BCUT2D eigenvalue weighted by Crippen LogP contribution is 2.42. The molecule has 2 N–H and O–H groups in total. The maximum Gasteiger partial charge on any atom is 0.233 e. The minimum absolute atomic E-state index is 0.0195. The van der Waals surface area contributed by atoms with Crippen molar-refractivity contribution in [2.45, 2.75) is 36.2 Å². The predicted molar refractivity (Wildman–Crippen MR) is 104 cm³/mol. The van der Waals surface area contributed by atoms with E-state index < -0.39 is 0 Å². The van der Waals surface area contributed by atoms with Crippen LogP contribution in [0.2, 0.25) is 0 Å². The van der Waals surface area contributed by atoms with Gasteiger partial charge in [-0.2, -0.15) is 0 Å². The van der Waals surface area contributed by atoms with Crippen LogP contribution in [0.3, 0.4) is 0 Å². The molecule has 1 aliphatic carbocycles. The van der Waals surface area contributed by atoms with Gasteiger partial charge >= 0.3 is 0 Å². The van der Waals surface area contributed by atoms with E-state index in [1.54, 1.807) is 6.08 Å². The molecule has 0 saturated heterocycles. The Labute approximate surface area is 156 Å². The Morgan fingerprint density at radius 2 is 2.27 bits per heavy atom. The normalized spacial score (nSPS) is 15.1. The lowest BCUT2D eigenvalue weighted by Crippen LogP contribution is -2.31. The highest BCUT2D eigenvalue weighted by atomic mass is 32.2. The minimum atomic E-state index is -0.243. The van der Waals surface area contributed by atoms with Gasteiger partial charge in [-0.1, -0.05) is 36.0 Å². The van der Waals surface area contributed by atoms with E-state index in [2.05, 4.69) is 43.8 Å². The van der Waals surface area contributed by atoms with Crippen LogP contribution >= 0.6 is 11.8 Å². The number of amides is 1. The predicted octanol–water partition coefficient (Wildman–Crippen LogP) is 3.54. The first-order valence-corrected chi connectivity index (χ1v) is 9.63. The highest BCUT2D eigenvalue weighted by molar-refractivity contribution is 8.00. The molecule has 1 aliphatic rings. The third kappa shape index (κ3) is 3.14. The summed E-state index contributed by atoms with van der Waals surface area (Å²) in [6, 6.07) is 8.60. The zero-order valence-corrected chi connectivity index (χ0v) is 15.4. The van der Waals surface area contributed by atoms with Crippen LogP contribution in [-0.4, -0.2) is 37.5 Å². The van der Waals surface area contributed by atoms with Gasteiger partial charge in [0, 0.05) is 35.2 Å². The van der Waals surface area contributed by atoms with Crippen molar-refractivity contribution in [2.75, 3.05) is 6.54 Å². The van der Waals surface area contributed by atoms with Gasteiger partial charge in [-0.05, 0) is 25.8 Å². The number of nitrogens with one attached hydrogen (secondary N) is 2. The Hall–Kier alpha value is -2.54. The highest BCUT2D eigenvalue weighted by Gasteiger charge is 2.32. The third-order valence-electron chi connectivity index (χ3n) is 4.48. The lowest BCUT2D eigenvalue weighted by Gasteiger charge is -2.12. The third-order valence-corrected chi connectivity index (χ3v) is 5.54. The first-order valence-electron chi connectivity index (χ1n) is 8.75. The Balaban J connectivity index is 1.66. The number of thioether (sulfide) groups is 1. The minimum Gasteiger partial charge on any atom is -0.360 e. The summed E-state index contributed by atoms with van der Waals surface area (Å²) in [5, 5.41) is 13.4. The summed E-state index contributed by atoms with van der Waals surface area (Å²) in [7, 11) is 0. The van der Waals surface area contributed by atoms with Crippen LogP contribution in [0.25, 0.3) is 22.3 Å². The van der Waals surface area contributed by atoms with Gasteiger partial charge < -0.3 is 10.3 Å². The van der Waals surface area contributed by atoms with E-state index in [0.29, 0.717) is 12.6 Å². The van der Waals surface area contributed by atoms with Crippen LogP contribution in [0.5, 0.6) is 0 Å². The standard InChI is InChI=1S/C19H21N5OS/c1-3-10-20-18(25)12(2)26-19-23-22-17(24(19)13-8-9-13)15-11-21-16-7-5-4-6-14(15)16/h3-7,11-13,21H,1,8-10H2,2H3,(H,20,25)/t12-/m0/s1. The molecular weight excluding hydrogens is 346 g/mol. The zero-order chi connectivity index (χ0) is 18.1. The number of aromatic amines is 1. The molecule has 1 saturated carbocycles. The van der Waals surface area contributed by atoms with Crippen molar-refractivity contribution >= 4 is 28.6 Å². The van der Waals surface area contributed by atoms with Crippen LogP contribution in [0.4, 0.5) is 0 Å². The van der Waals surface area contributed by atoms with Crippen molar-refractivity contribution in [1.29, 1.82) is 0 Å². The Morgan fingerprint density at radius 1 is 1.46 bits per heavy atom. The van der Waals surface area contributed by atoms with Gasteiger partial charge in [0.15, 0.2) is 11.0 Å². The van der Waals surface area contributed by atoms with Crippen LogP contribution in [0, 0.1) is 0 Å². The number of fused-ring (bicyclic) bond motifs is 1. The van der Waals surface area contributed by atoms with Gasteiger partial charge in [0.25, 0.3) is 0 Å². The van der Waals surface area contributed by atoms with E-state index in [4.69, 9.17) is 0 Å². The molecule has 7 heteroatoms. The molecule has 4 rings (SSSR count). The van der Waals surface area contributed by atoms with Crippen LogP contribution in [0.15, 0.2) is 48.3 Å². The molecule has 2 heterocycles. The molecule has 0 radical (unpaired) electrons. The number of carbonyl (C=O) groups is 1. The van der Waals surface area contributed by atoms with Crippen molar-refractivity contribution in [3.8, 4) is 11.4 Å². The SMILES string of the molecule is C=CCNC(=O)[C@H](C)Sc1nnc(-c2c[nH]c3ccccc23)n1C1CC1. The molecule has 1 amide bonds. The summed E-state index contributed by atoms with van der Waals surface area (Å²) in [4.78, 5) is 15.5. The number of H-pyrrole nitrogens is 1. The number of carbonyl (C=O) groups excluding carboxylic acids is 1. The number of rotatable bonds is 7. The van der Waals surface area contributed by atoms with E-state index in [1.807, 2.05) is 25.3 Å². The molecule has 0 bridgehead atoms. The number of para-hydroxylation sites is 1. The van der Waals surface area contributed by atoms with E-state index in [1.165, 1.54) is 11.8 Å². The number of hydrogen-bond donors (Lipinski definition) is 2. The average Bonchev–Trinajstić information content (AvgIpc) is 3.27. The summed E-state index contributed by atoms with van der Waals surface area (Å²) >= 11 is 1.45. The Kier molecular flexibility index (Phi) is 4.55. The van der Waals surface area contributed by atoms with E-state index in [9.17, 15) is 4.79 Å². The summed E-state index contributed by atoms with van der Waals surface area (Å²) in [5.41, 5.74) is 2.13. The van der Waals surface area contributed by atoms with Crippen LogP contribution < -0.4 is 5.32 Å². The fourth-order valence-electron chi connectivity index (χ4n) is 2.99. The first-order chi connectivity index (χ1) is 12.7. The number of hydrogen-bond acceptors (Lipinski definition) is 4. The first kappa shape index (κ1) is 16.9. The molecule has 1 aromatic carbocycles. The summed E-state index contributed by atoms with van der Waals surface area (Å²) in [6.07, 6.45) is 5.91. The van der Waals surface area contributed by atoms with Gasteiger partial charge in [0.2, 0.25) is 5.91 Å². The lowest BCUT2D eigenvalue weighted by atomic mass is 10.1. The van der Waals surface area contributed by atoms with Crippen molar-refractivity contribution in [2.24, 2.45) is 0 Å². The van der Waals surface area contributed by atoms with E-state index in [-0.39, 0.29) is 11.2 Å². The summed E-state index contributed by atoms with van der Waals surface area (Å²) < 4.78 is 2.19. The summed E-state index contributed by atoms with van der Waals surface area (Å²) in [6.45, 7) is 5.99. The molecule has 0 spiro atoms. The largest absolute Gasteiger partial charge is 0.360 e.